The Morgan fingerprint density at radius 3 is 2.86 bits per heavy atom. The second kappa shape index (κ2) is 4.32. The van der Waals surface area contributed by atoms with Gasteiger partial charge in [-0.2, -0.15) is 0 Å². The molecule has 6 atom stereocenters. The smallest absolute Gasteiger partial charge is 0.155 e. The summed E-state index contributed by atoms with van der Waals surface area (Å²) in [5.41, 5.74) is 1.46. The van der Waals surface area contributed by atoms with Crippen molar-refractivity contribution in [1.82, 2.24) is 0 Å². The molecule has 2 saturated carbocycles. The zero-order valence-electron chi connectivity index (χ0n) is 13.1. The van der Waals surface area contributed by atoms with Crippen molar-refractivity contribution < 1.29 is 9.90 Å². The normalized spacial score (nSPS) is 52.0. The molecule has 0 aromatic rings. The lowest BCUT2D eigenvalue weighted by molar-refractivity contribution is -0.118. The summed E-state index contributed by atoms with van der Waals surface area (Å²) in [7, 11) is 0. The topological polar surface area (TPSA) is 37.3 Å². The predicted octanol–water partition coefficient (Wildman–Crippen LogP) is 3.66. The Bertz CT molecular complexity index is 546. The van der Waals surface area contributed by atoms with Crippen LogP contribution in [0.4, 0.5) is 0 Å². The van der Waals surface area contributed by atoms with Crippen LogP contribution in [0.5, 0.6) is 0 Å². The molecule has 0 saturated heterocycles. The first kappa shape index (κ1) is 13.8. The molecule has 21 heavy (non-hydrogen) atoms. The van der Waals surface area contributed by atoms with Crippen molar-refractivity contribution in [2.45, 2.75) is 58.5 Å². The Morgan fingerprint density at radius 2 is 2.05 bits per heavy atom. The van der Waals surface area contributed by atoms with E-state index < -0.39 is 6.10 Å². The average molecular weight is 286 g/mol. The van der Waals surface area contributed by atoms with Gasteiger partial charge >= 0.3 is 0 Å². The van der Waals surface area contributed by atoms with Crippen molar-refractivity contribution in [2.24, 2.45) is 28.6 Å². The fraction of sp³-hybridized carbons (Fsp3) is 0.737. The molecule has 2 nitrogen and oxygen atoms in total. The summed E-state index contributed by atoms with van der Waals surface area (Å²) in [6.07, 6.45) is 12.3. The molecule has 4 aliphatic rings. The van der Waals surface area contributed by atoms with E-state index in [4.69, 9.17) is 0 Å². The van der Waals surface area contributed by atoms with E-state index in [-0.39, 0.29) is 11.2 Å². The maximum atomic E-state index is 11.8. The average Bonchev–Trinajstić information content (AvgIpc) is 2.83. The first-order valence-electron chi connectivity index (χ1n) is 8.55. The van der Waals surface area contributed by atoms with Gasteiger partial charge < -0.3 is 5.11 Å². The monoisotopic (exact) mass is 286 g/mol. The number of carbonyl (C=O) groups is 1. The van der Waals surface area contributed by atoms with Gasteiger partial charge in [-0.15, -0.1) is 0 Å². The van der Waals surface area contributed by atoms with Crippen LogP contribution < -0.4 is 0 Å². The lowest BCUT2D eigenvalue weighted by Crippen LogP contribution is -2.53. The standard InChI is InChI=1S/C19H26O2/c1-18-7-3-4-14(18)13-11-17(21)16-10-12(20)5-9-19(16,2)15(13)6-8-18/h3,7,10,13-15,17,21H,4-6,8-9,11H2,1-2H3/t13-,14-,15-,17-,18-,19+/m0/s1. The van der Waals surface area contributed by atoms with Crippen LogP contribution >= 0.6 is 0 Å². The zero-order chi connectivity index (χ0) is 14.8. The minimum atomic E-state index is -0.400. The van der Waals surface area contributed by atoms with Gasteiger partial charge in [0.15, 0.2) is 5.78 Å². The summed E-state index contributed by atoms with van der Waals surface area (Å²) in [6, 6.07) is 0. The molecule has 4 rings (SSSR count). The highest BCUT2D eigenvalue weighted by atomic mass is 16.3. The molecule has 0 heterocycles. The van der Waals surface area contributed by atoms with Crippen LogP contribution in [0.3, 0.4) is 0 Å². The number of allylic oxidation sites excluding steroid dienone is 3. The predicted molar refractivity (Wildman–Crippen MR) is 82.6 cm³/mol. The van der Waals surface area contributed by atoms with E-state index in [1.807, 2.05) is 0 Å². The third kappa shape index (κ3) is 1.78. The van der Waals surface area contributed by atoms with Crippen molar-refractivity contribution in [3.63, 3.8) is 0 Å². The minimum Gasteiger partial charge on any atom is -0.389 e. The highest BCUT2D eigenvalue weighted by Gasteiger charge is 2.57. The zero-order valence-corrected chi connectivity index (χ0v) is 13.1. The molecule has 1 N–H and O–H groups in total. The summed E-state index contributed by atoms with van der Waals surface area (Å²) >= 11 is 0. The molecule has 2 fully saturated rings. The van der Waals surface area contributed by atoms with Crippen LogP contribution in [-0.2, 0) is 4.79 Å². The van der Waals surface area contributed by atoms with Gasteiger partial charge in [0.05, 0.1) is 6.10 Å². The maximum Gasteiger partial charge on any atom is 0.155 e. The first-order valence-corrected chi connectivity index (χ1v) is 8.55. The third-order valence-electron chi connectivity index (χ3n) is 7.30. The van der Waals surface area contributed by atoms with E-state index >= 15 is 0 Å². The minimum absolute atomic E-state index is 0.0557. The van der Waals surface area contributed by atoms with Crippen LogP contribution in [0, 0.1) is 28.6 Å². The van der Waals surface area contributed by atoms with Crippen molar-refractivity contribution in [1.29, 1.82) is 0 Å². The fourth-order valence-corrected chi connectivity index (χ4v) is 6.09. The number of ketones is 1. The van der Waals surface area contributed by atoms with Gasteiger partial charge in [0, 0.05) is 6.42 Å². The summed E-state index contributed by atoms with van der Waals surface area (Å²) in [5, 5.41) is 10.7. The number of aliphatic hydroxyl groups is 1. The lowest BCUT2D eigenvalue weighted by atomic mass is 9.47. The Labute approximate surface area is 127 Å². The van der Waals surface area contributed by atoms with Crippen LogP contribution in [0.15, 0.2) is 23.8 Å². The Balaban J connectivity index is 1.74. The number of hydrogen-bond acceptors (Lipinski definition) is 2. The number of aliphatic hydroxyl groups excluding tert-OH is 1. The van der Waals surface area contributed by atoms with Crippen LogP contribution in [-0.4, -0.2) is 17.0 Å². The van der Waals surface area contributed by atoms with E-state index in [1.54, 1.807) is 6.08 Å². The van der Waals surface area contributed by atoms with E-state index in [0.29, 0.717) is 29.6 Å². The van der Waals surface area contributed by atoms with Gasteiger partial charge in [0.1, 0.15) is 0 Å². The van der Waals surface area contributed by atoms with Crippen LogP contribution in [0.1, 0.15) is 52.4 Å². The molecule has 0 aliphatic heterocycles. The van der Waals surface area contributed by atoms with Gasteiger partial charge in [0.25, 0.3) is 0 Å². The van der Waals surface area contributed by atoms with Crippen LogP contribution in [0.2, 0.25) is 0 Å². The van der Waals surface area contributed by atoms with Crippen molar-refractivity contribution in [2.75, 3.05) is 0 Å². The SMILES string of the molecule is C[C@@]12C=CC[C@H]1[C@@H]1C[C@H](O)C3=CC(=O)CC[C@]3(C)[C@H]1CC2. The summed E-state index contributed by atoms with van der Waals surface area (Å²) in [5.74, 6) is 2.17. The van der Waals surface area contributed by atoms with Gasteiger partial charge in [0.2, 0.25) is 0 Å². The highest BCUT2D eigenvalue weighted by molar-refractivity contribution is 5.91. The largest absolute Gasteiger partial charge is 0.389 e. The van der Waals surface area contributed by atoms with Crippen LogP contribution in [0.25, 0.3) is 0 Å². The Hall–Kier alpha value is -0.890. The number of carbonyl (C=O) groups excluding carboxylic acids is 1. The maximum absolute atomic E-state index is 11.8. The first-order chi connectivity index (χ1) is 9.94. The fourth-order valence-electron chi connectivity index (χ4n) is 6.09. The van der Waals surface area contributed by atoms with Gasteiger partial charge in [-0.3, -0.25) is 4.79 Å². The molecule has 0 aromatic heterocycles. The van der Waals surface area contributed by atoms with E-state index in [2.05, 4.69) is 26.0 Å². The molecule has 0 aromatic carbocycles. The summed E-state index contributed by atoms with van der Waals surface area (Å²) in [6.45, 7) is 4.72. The molecule has 0 radical (unpaired) electrons. The second-order valence-corrected chi connectivity index (χ2v) is 8.29. The summed E-state index contributed by atoms with van der Waals surface area (Å²) < 4.78 is 0. The summed E-state index contributed by atoms with van der Waals surface area (Å²) in [4.78, 5) is 11.8. The van der Waals surface area contributed by atoms with Gasteiger partial charge in [-0.1, -0.05) is 26.0 Å². The molecule has 114 valence electrons. The molecule has 4 aliphatic carbocycles. The number of hydrogen-bond donors (Lipinski definition) is 1. The molecule has 0 bridgehead atoms. The van der Waals surface area contributed by atoms with Crippen molar-refractivity contribution in [3.05, 3.63) is 23.8 Å². The Morgan fingerprint density at radius 1 is 1.24 bits per heavy atom. The van der Waals surface area contributed by atoms with E-state index in [9.17, 15) is 9.90 Å². The molecular weight excluding hydrogens is 260 g/mol. The third-order valence-corrected chi connectivity index (χ3v) is 7.30. The van der Waals surface area contributed by atoms with Gasteiger partial charge in [-0.05, 0) is 72.3 Å². The molecule has 2 heteroatoms. The molecular formula is C19H26O2. The number of fused-ring (bicyclic) bond motifs is 5. The Kier molecular flexibility index (Phi) is 2.83. The molecule has 0 unspecified atom stereocenters. The molecule has 0 amide bonds. The highest BCUT2D eigenvalue weighted by Crippen LogP contribution is 2.63. The van der Waals surface area contributed by atoms with E-state index in [1.165, 1.54) is 19.3 Å². The lowest BCUT2D eigenvalue weighted by Gasteiger charge is -2.58. The number of rotatable bonds is 0. The quantitative estimate of drug-likeness (QED) is 0.690. The molecule has 0 spiro atoms. The van der Waals surface area contributed by atoms with E-state index in [0.717, 1.165) is 18.4 Å². The second-order valence-electron chi connectivity index (χ2n) is 8.29. The van der Waals surface area contributed by atoms with Crippen molar-refractivity contribution >= 4 is 5.78 Å². The van der Waals surface area contributed by atoms with Gasteiger partial charge in [-0.25, -0.2) is 0 Å². The van der Waals surface area contributed by atoms with Crippen molar-refractivity contribution in [3.8, 4) is 0 Å².